The molecule has 0 bridgehead atoms. The summed E-state index contributed by atoms with van der Waals surface area (Å²) < 4.78 is 0. The van der Waals surface area contributed by atoms with Gasteiger partial charge in [-0.1, -0.05) is 18.5 Å². The molecule has 104 valence electrons. The molecule has 1 heterocycles. The first kappa shape index (κ1) is 14.7. The van der Waals surface area contributed by atoms with Gasteiger partial charge in [-0.15, -0.1) is 11.3 Å². The summed E-state index contributed by atoms with van der Waals surface area (Å²) in [5, 5.41) is 1.10. The maximum Gasteiger partial charge on any atom is 0.259 e. The topological polar surface area (TPSA) is 50.3 Å². The Morgan fingerprint density at radius 1 is 1.40 bits per heavy atom. The summed E-state index contributed by atoms with van der Waals surface area (Å²) in [6.07, 6.45) is 1.44. The first-order valence-corrected chi connectivity index (χ1v) is 7.24. The van der Waals surface area contributed by atoms with E-state index in [4.69, 9.17) is 11.6 Å². The van der Waals surface area contributed by atoms with Crippen molar-refractivity contribution in [2.24, 2.45) is 0 Å². The first-order valence-electron chi connectivity index (χ1n) is 6.05. The predicted molar refractivity (Wildman–Crippen MR) is 81.1 cm³/mol. The zero-order valence-corrected chi connectivity index (χ0v) is 12.7. The summed E-state index contributed by atoms with van der Waals surface area (Å²) in [4.78, 5) is 29.8. The van der Waals surface area contributed by atoms with Gasteiger partial charge in [0.2, 0.25) is 0 Å². The third-order valence-corrected chi connectivity index (χ3v) is 4.38. The quantitative estimate of drug-likeness (QED) is 0.813. The number of rotatable bonds is 4. The highest BCUT2D eigenvalue weighted by Gasteiger charge is 2.18. The molecule has 1 aromatic carbocycles. The third-order valence-electron chi connectivity index (χ3n) is 2.83. The number of aromatic nitrogens is 1. The van der Waals surface area contributed by atoms with Crippen LogP contribution in [0.1, 0.15) is 32.6 Å². The summed E-state index contributed by atoms with van der Waals surface area (Å²) in [5.74, 6) is -0.185. The Hall–Kier alpha value is -1.72. The van der Waals surface area contributed by atoms with Crippen LogP contribution in [0.3, 0.4) is 0 Å². The van der Waals surface area contributed by atoms with Crippen molar-refractivity contribution in [3.63, 3.8) is 0 Å². The minimum absolute atomic E-state index is 0.185. The molecule has 0 aliphatic carbocycles. The van der Waals surface area contributed by atoms with Crippen LogP contribution in [0.5, 0.6) is 0 Å². The molecule has 4 nitrogen and oxygen atoms in total. The number of halogens is 1. The average molecular weight is 309 g/mol. The summed E-state index contributed by atoms with van der Waals surface area (Å²) in [5.41, 5.74) is 0.932. The van der Waals surface area contributed by atoms with Crippen molar-refractivity contribution in [2.45, 2.75) is 13.3 Å². The van der Waals surface area contributed by atoms with Crippen molar-refractivity contribution in [3.05, 3.63) is 45.4 Å². The maximum atomic E-state index is 12.3. The number of anilines is 1. The molecule has 0 fully saturated rings. The molecule has 0 aliphatic rings. The van der Waals surface area contributed by atoms with E-state index < -0.39 is 0 Å². The van der Waals surface area contributed by atoms with Crippen molar-refractivity contribution in [2.75, 3.05) is 11.9 Å². The van der Waals surface area contributed by atoms with E-state index in [0.29, 0.717) is 27.8 Å². The number of hydrogen-bond acceptors (Lipinski definition) is 4. The number of nitrogens with zero attached hydrogens (tertiary/aromatic N) is 2. The minimum atomic E-state index is -0.185. The Bertz CT molecular complexity index is 637. The summed E-state index contributed by atoms with van der Waals surface area (Å²) in [6, 6.07) is 6.66. The largest absolute Gasteiger partial charge is 0.296 e. The molecule has 0 saturated carbocycles. The second kappa shape index (κ2) is 6.15. The average Bonchev–Trinajstić information content (AvgIpc) is 2.89. The van der Waals surface area contributed by atoms with Crippen LogP contribution in [0.15, 0.2) is 24.3 Å². The Labute approximate surface area is 126 Å². The standard InChI is InChI=1S/C14H13ClN2O2S/c1-3-12-11(8-18)16-14(20-12)17(2)13(19)9-4-6-10(15)7-5-9/h4-8H,3H2,1-2H3. The normalized spacial score (nSPS) is 10.3. The molecule has 20 heavy (non-hydrogen) atoms. The molecular weight excluding hydrogens is 296 g/mol. The van der Waals surface area contributed by atoms with E-state index in [1.165, 1.54) is 16.2 Å². The van der Waals surface area contributed by atoms with Gasteiger partial charge in [-0.25, -0.2) is 4.98 Å². The molecule has 2 aromatic rings. The van der Waals surface area contributed by atoms with Gasteiger partial charge < -0.3 is 0 Å². The van der Waals surface area contributed by atoms with E-state index in [9.17, 15) is 9.59 Å². The number of thiazole rings is 1. The van der Waals surface area contributed by atoms with Crippen LogP contribution in [0.2, 0.25) is 5.02 Å². The van der Waals surface area contributed by atoms with E-state index in [0.717, 1.165) is 11.2 Å². The van der Waals surface area contributed by atoms with Gasteiger partial charge in [0, 0.05) is 22.5 Å². The van der Waals surface area contributed by atoms with Crippen LogP contribution in [0, 0.1) is 0 Å². The van der Waals surface area contributed by atoms with E-state index in [2.05, 4.69) is 4.98 Å². The molecule has 0 aliphatic heterocycles. The number of carbonyl (C=O) groups is 2. The molecule has 0 spiro atoms. The van der Waals surface area contributed by atoms with Gasteiger partial charge in [-0.3, -0.25) is 14.5 Å². The molecule has 0 saturated heterocycles. The zero-order valence-electron chi connectivity index (χ0n) is 11.1. The molecule has 2 rings (SSSR count). The van der Waals surface area contributed by atoms with Crippen LogP contribution in [-0.2, 0) is 6.42 Å². The van der Waals surface area contributed by atoms with Crippen molar-refractivity contribution in [3.8, 4) is 0 Å². The molecule has 6 heteroatoms. The molecule has 0 N–H and O–H groups in total. The third kappa shape index (κ3) is 2.89. The smallest absolute Gasteiger partial charge is 0.259 e. The molecule has 1 amide bonds. The lowest BCUT2D eigenvalue weighted by Crippen LogP contribution is -2.26. The molecule has 0 radical (unpaired) electrons. The van der Waals surface area contributed by atoms with Gasteiger partial charge in [0.05, 0.1) is 0 Å². The minimum Gasteiger partial charge on any atom is -0.296 e. The number of benzene rings is 1. The van der Waals surface area contributed by atoms with E-state index in [1.807, 2.05) is 6.92 Å². The van der Waals surface area contributed by atoms with Crippen LogP contribution in [0.4, 0.5) is 5.13 Å². The van der Waals surface area contributed by atoms with Gasteiger partial charge in [-0.05, 0) is 30.7 Å². The molecule has 0 unspecified atom stereocenters. The highest BCUT2D eigenvalue weighted by atomic mass is 35.5. The Balaban J connectivity index is 2.28. The Kier molecular flexibility index (Phi) is 4.52. The number of aryl methyl sites for hydroxylation is 1. The first-order chi connectivity index (χ1) is 9.56. The maximum absolute atomic E-state index is 12.3. The predicted octanol–water partition coefficient (Wildman–Crippen LogP) is 3.45. The van der Waals surface area contributed by atoms with E-state index in [1.54, 1.807) is 31.3 Å². The fourth-order valence-electron chi connectivity index (χ4n) is 1.71. The zero-order chi connectivity index (χ0) is 14.7. The molecular formula is C14H13ClN2O2S. The highest BCUT2D eigenvalue weighted by Crippen LogP contribution is 2.26. The second-order valence-corrected chi connectivity index (χ2v) is 5.65. The van der Waals surface area contributed by atoms with Gasteiger partial charge in [-0.2, -0.15) is 0 Å². The lowest BCUT2D eigenvalue weighted by molar-refractivity contribution is 0.0992. The summed E-state index contributed by atoms with van der Waals surface area (Å²) in [6.45, 7) is 1.95. The lowest BCUT2D eigenvalue weighted by atomic mass is 10.2. The van der Waals surface area contributed by atoms with Gasteiger partial charge in [0.1, 0.15) is 5.69 Å². The number of carbonyl (C=O) groups excluding carboxylic acids is 2. The van der Waals surface area contributed by atoms with Gasteiger partial charge in [0.25, 0.3) is 5.91 Å². The monoisotopic (exact) mass is 308 g/mol. The fourth-order valence-corrected chi connectivity index (χ4v) is 2.77. The van der Waals surface area contributed by atoms with Crippen molar-refractivity contribution in [1.82, 2.24) is 4.98 Å². The Morgan fingerprint density at radius 2 is 2.05 bits per heavy atom. The molecule has 1 aromatic heterocycles. The van der Waals surface area contributed by atoms with E-state index >= 15 is 0 Å². The molecule has 0 atom stereocenters. The summed E-state index contributed by atoms with van der Waals surface area (Å²) >= 11 is 7.16. The number of amides is 1. The van der Waals surface area contributed by atoms with Crippen LogP contribution in [0.25, 0.3) is 0 Å². The Morgan fingerprint density at radius 3 is 2.55 bits per heavy atom. The number of hydrogen-bond donors (Lipinski definition) is 0. The SMILES string of the molecule is CCc1sc(N(C)C(=O)c2ccc(Cl)cc2)nc1C=O. The highest BCUT2D eigenvalue weighted by molar-refractivity contribution is 7.16. The van der Waals surface area contributed by atoms with Gasteiger partial charge in [0.15, 0.2) is 11.4 Å². The van der Waals surface area contributed by atoms with Crippen LogP contribution < -0.4 is 4.90 Å². The number of aldehydes is 1. The van der Waals surface area contributed by atoms with Gasteiger partial charge >= 0.3 is 0 Å². The second-order valence-electron chi connectivity index (χ2n) is 4.15. The van der Waals surface area contributed by atoms with Crippen LogP contribution in [-0.4, -0.2) is 24.2 Å². The van der Waals surface area contributed by atoms with Crippen molar-refractivity contribution in [1.29, 1.82) is 0 Å². The van der Waals surface area contributed by atoms with Crippen molar-refractivity contribution < 1.29 is 9.59 Å². The van der Waals surface area contributed by atoms with Crippen LogP contribution >= 0.6 is 22.9 Å². The van der Waals surface area contributed by atoms with E-state index in [-0.39, 0.29) is 5.91 Å². The summed E-state index contributed by atoms with van der Waals surface area (Å²) in [7, 11) is 1.64. The lowest BCUT2D eigenvalue weighted by Gasteiger charge is -2.13. The van der Waals surface area contributed by atoms with Crippen molar-refractivity contribution >= 4 is 40.3 Å². The fraction of sp³-hybridized carbons (Fsp3) is 0.214.